The maximum atomic E-state index is 13.6. The fourth-order valence-corrected chi connectivity index (χ4v) is 6.70. The lowest BCUT2D eigenvalue weighted by Gasteiger charge is -2.28. The quantitative estimate of drug-likeness (QED) is 0.602. The van der Waals surface area contributed by atoms with Crippen LogP contribution in [0.15, 0.2) is 48.5 Å². The second kappa shape index (κ2) is 7.46. The van der Waals surface area contributed by atoms with Crippen LogP contribution in [0.5, 0.6) is 0 Å². The van der Waals surface area contributed by atoms with E-state index in [1.54, 1.807) is 12.1 Å². The Bertz CT molecular complexity index is 1160. The first-order chi connectivity index (χ1) is 13.3. The van der Waals surface area contributed by atoms with E-state index in [2.05, 4.69) is 0 Å². The van der Waals surface area contributed by atoms with Crippen LogP contribution in [-0.2, 0) is 16.4 Å². The molecule has 1 atom stereocenters. The maximum absolute atomic E-state index is 13.6. The van der Waals surface area contributed by atoms with Crippen LogP contribution in [0.3, 0.4) is 0 Å². The summed E-state index contributed by atoms with van der Waals surface area (Å²) >= 11 is 7.76. The number of thiophene rings is 1. The second-order valence-corrected chi connectivity index (χ2v) is 10.5. The maximum Gasteiger partial charge on any atom is 0.266 e. The Morgan fingerprint density at radius 3 is 2.68 bits per heavy atom. The van der Waals surface area contributed by atoms with E-state index in [0.29, 0.717) is 21.9 Å². The summed E-state index contributed by atoms with van der Waals surface area (Å²) in [6.07, 6.45) is 0.367. The zero-order valence-electron chi connectivity index (χ0n) is 14.8. The van der Waals surface area contributed by atoms with Gasteiger partial charge in [-0.2, -0.15) is 0 Å². The van der Waals surface area contributed by atoms with E-state index in [0.717, 1.165) is 10.1 Å². The minimum atomic E-state index is -3.19. The van der Waals surface area contributed by atoms with E-state index in [1.807, 2.05) is 24.3 Å². The van der Waals surface area contributed by atoms with Gasteiger partial charge < -0.3 is 4.90 Å². The van der Waals surface area contributed by atoms with Crippen LogP contribution in [0.1, 0.15) is 21.7 Å². The van der Waals surface area contributed by atoms with Gasteiger partial charge in [-0.3, -0.25) is 4.79 Å². The lowest BCUT2D eigenvalue weighted by molar-refractivity contribution is 0.0686. The molecule has 0 N–H and O–H groups in total. The number of rotatable bonds is 4. The normalized spacial score (nSPS) is 18.4. The van der Waals surface area contributed by atoms with Crippen molar-refractivity contribution in [3.63, 3.8) is 0 Å². The monoisotopic (exact) mass is 437 g/mol. The van der Waals surface area contributed by atoms with Gasteiger partial charge in [0.15, 0.2) is 9.84 Å². The largest absolute Gasteiger partial charge is 0.330 e. The standard InChI is InChI=1S/C20H17ClFNO3S2/c21-18-16-6-1-2-7-17(16)27-19(18)20(24)23(15-8-9-28(25,26)12-15)11-13-4-3-5-14(22)10-13/h1-7,10,15H,8-9,11-12H2. The number of halogens is 2. The van der Waals surface area contributed by atoms with Crippen molar-refractivity contribution in [1.82, 2.24) is 4.90 Å². The molecule has 0 radical (unpaired) electrons. The molecular weight excluding hydrogens is 421 g/mol. The van der Waals surface area contributed by atoms with Crippen LogP contribution in [0.4, 0.5) is 4.39 Å². The fraction of sp³-hybridized carbons (Fsp3) is 0.250. The molecule has 2 heterocycles. The van der Waals surface area contributed by atoms with E-state index in [9.17, 15) is 17.6 Å². The van der Waals surface area contributed by atoms with Gasteiger partial charge in [-0.15, -0.1) is 11.3 Å². The van der Waals surface area contributed by atoms with Gasteiger partial charge in [-0.1, -0.05) is 41.9 Å². The molecule has 28 heavy (non-hydrogen) atoms. The smallest absolute Gasteiger partial charge is 0.266 e. The molecule has 4 nitrogen and oxygen atoms in total. The van der Waals surface area contributed by atoms with E-state index < -0.39 is 21.7 Å². The van der Waals surface area contributed by atoms with Gasteiger partial charge in [0.2, 0.25) is 0 Å². The molecule has 0 spiro atoms. The Morgan fingerprint density at radius 2 is 2.00 bits per heavy atom. The molecule has 3 aromatic rings. The van der Waals surface area contributed by atoms with E-state index in [-0.39, 0.29) is 24.0 Å². The zero-order valence-corrected chi connectivity index (χ0v) is 17.2. The molecule has 0 aliphatic carbocycles. The Balaban J connectivity index is 1.73. The Morgan fingerprint density at radius 1 is 1.21 bits per heavy atom. The zero-order chi connectivity index (χ0) is 19.9. The summed E-state index contributed by atoms with van der Waals surface area (Å²) in [5.74, 6) is -0.761. The van der Waals surface area contributed by atoms with Crippen molar-refractivity contribution >= 4 is 48.8 Å². The highest BCUT2D eigenvalue weighted by atomic mass is 35.5. The van der Waals surface area contributed by atoms with Crippen molar-refractivity contribution < 1.29 is 17.6 Å². The fourth-order valence-electron chi connectivity index (χ4n) is 3.50. The summed E-state index contributed by atoms with van der Waals surface area (Å²) in [5, 5.41) is 1.16. The van der Waals surface area contributed by atoms with E-state index in [4.69, 9.17) is 11.6 Å². The SMILES string of the molecule is O=C(c1sc2ccccc2c1Cl)N(Cc1cccc(F)c1)C1CCS(=O)(=O)C1. The van der Waals surface area contributed by atoms with Crippen molar-refractivity contribution in [3.05, 3.63) is 69.8 Å². The molecule has 1 aliphatic heterocycles. The van der Waals surface area contributed by atoms with Crippen molar-refractivity contribution in [2.45, 2.75) is 19.0 Å². The molecular formula is C20H17ClFNO3S2. The van der Waals surface area contributed by atoms with Gasteiger partial charge in [-0.05, 0) is 30.2 Å². The van der Waals surface area contributed by atoms with Gasteiger partial charge in [0.25, 0.3) is 5.91 Å². The van der Waals surface area contributed by atoms with Gasteiger partial charge in [0, 0.05) is 22.7 Å². The van der Waals surface area contributed by atoms with Crippen molar-refractivity contribution in [2.75, 3.05) is 11.5 Å². The minimum Gasteiger partial charge on any atom is -0.330 e. The molecule has 1 aromatic heterocycles. The molecule has 0 saturated carbocycles. The predicted molar refractivity (Wildman–Crippen MR) is 110 cm³/mol. The number of hydrogen-bond donors (Lipinski definition) is 0. The highest BCUT2D eigenvalue weighted by molar-refractivity contribution is 7.91. The lowest BCUT2D eigenvalue weighted by Crippen LogP contribution is -2.40. The summed E-state index contributed by atoms with van der Waals surface area (Å²) in [7, 11) is -3.19. The van der Waals surface area contributed by atoms with Crippen molar-refractivity contribution in [3.8, 4) is 0 Å². The lowest BCUT2D eigenvalue weighted by atomic mass is 10.1. The molecule has 8 heteroatoms. The molecule has 0 bridgehead atoms. The summed E-state index contributed by atoms with van der Waals surface area (Å²) in [6, 6.07) is 13.0. The van der Waals surface area contributed by atoms with Crippen LogP contribution >= 0.6 is 22.9 Å². The third-order valence-electron chi connectivity index (χ3n) is 4.88. The van der Waals surface area contributed by atoms with Crippen molar-refractivity contribution in [1.29, 1.82) is 0 Å². The molecule has 4 rings (SSSR count). The van der Waals surface area contributed by atoms with Gasteiger partial charge in [0.1, 0.15) is 10.7 Å². The number of fused-ring (bicyclic) bond motifs is 1. The number of carbonyl (C=O) groups excluding carboxylic acids is 1. The molecule has 2 aromatic carbocycles. The number of benzene rings is 2. The molecule has 1 aliphatic rings. The van der Waals surface area contributed by atoms with Crippen LogP contribution in [0, 0.1) is 5.82 Å². The highest BCUT2D eigenvalue weighted by Gasteiger charge is 2.36. The average molecular weight is 438 g/mol. The number of hydrogen-bond acceptors (Lipinski definition) is 4. The molecule has 1 amide bonds. The summed E-state index contributed by atoms with van der Waals surface area (Å²) in [5.41, 5.74) is 0.606. The van der Waals surface area contributed by atoms with Crippen molar-refractivity contribution in [2.24, 2.45) is 0 Å². The second-order valence-electron chi connectivity index (χ2n) is 6.86. The molecule has 146 valence electrons. The molecule has 1 saturated heterocycles. The van der Waals surface area contributed by atoms with E-state index >= 15 is 0 Å². The predicted octanol–water partition coefficient (Wildman–Crippen LogP) is 4.52. The van der Waals surface area contributed by atoms with Crippen LogP contribution < -0.4 is 0 Å². The van der Waals surface area contributed by atoms with Gasteiger partial charge in [0.05, 0.1) is 16.5 Å². The first-order valence-electron chi connectivity index (χ1n) is 8.77. The number of nitrogens with zero attached hydrogens (tertiary/aromatic N) is 1. The van der Waals surface area contributed by atoms with Gasteiger partial charge in [-0.25, -0.2) is 12.8 Å². The summed E-state index contributed by atoms with van der Waals surface area (Å²) < 4.78 is 38.5. The number of amides is 1. The highest BCUT2D eigenvalue weighted by Crippen LogP contribution is 2.37. The van der Waals surface area contributed by atoms with Crippen LogP contribution in [-0.4, -0.2) is 36.8 Å². The van der Waals surface area contributed by atoms with Gasteiger partial charge >= 0.3 is 0 Å². The first-order valence-corrected chi connectivity index (χ1v) is 11.8. The Kier molecular flexibility index (Phi) is 5.16. The Hall–Kier alpha value is -1.96. The minimum absolute atomic E-state index is 0.0464. The molecule has 1 fully saturated rings. The number of carbonyl (C=O) groups is 1. The Labute approximate surface area is 171 Å². The summed E-state index contributed by atoms with van der Waals surface area (Å²) in [6.45, 7) is 0.126. The number of sulfone groups is 1. The van der Waals surface area contributed by atoms with E-state index in [1.165, 1.54) is 28.4 Å². The third kappa shape index (κ3) is 3.79. The van der Waals surface area contributed by atoms with Crippen LogP contribution in [0.25, 0.3) is 10.1 Å². The average Bonchev–Trinajstić information content (AvgIpc) is 3.19. The molecule has 1 unspecified atom stereocenters. The summed E-state index contributed by atoms with van der Waals surface area (Å²) in [4.78, 5) is 15.3. The topological polar surface area (TPSA) is 54.5 Å². The van der Waals surface area contributed by atoms with Crippen LogP contribution in [0.2, 0.25) is 5.02 Å². The third-order valence-corrected chi connectivity index (χ3v) is 8.29. The first kappa shape index (κ1) is 19.4.